The first-order chi connectivity index (χ1) is 20.1. The number of fused-ring (bicyclic) bond motifs is 1. The van der Waals surface area contributed by atoms with Crippen LogP contribution in [0.3, 0.4) is 0 Å². The van der Waals surface area contributed by atoms with Crippen LogP contribution >= 0.6 is 11.3 Å². The van der Waals surface area contributed by atoms with Crippen LogP contribution < -0.4 is 14.8 Å². The van der Waals surface area contributed by atoms with Crippen LogP contribution in [0.2, 0.25) is 0 Å². The van der Waals surface area contributed by atoms with Crippen molar-refractivity contribution in [3.8, 4) is 22.7 Å². The predicted molar refractivity (Wildman–Crippen MR) is 161 cm³/mol. The number of hydrogen-bond acceptors (Lipinski definition) is 6. The molecule has 204 valence electrons. The maximum Gasteiger partial charge on any atom is 0.291 e. The number of para-hydroxylation sites is 1. The molecule has 0 bridgehead atoms. The lowest BCUT2D eigenvalue weighted by Crippen LogP contribution is -2.23. The van der Waals surface area contributed by atoms with E-state index in [4.69, 9.17) is 9.84 Å². The summed E-state index contributed by atoms with van der Waals surface area (Å²) in [5.74, 6) is 0.965. The van der Waals surface area contributed by atoms with E-state index in [9.17, 15) is 9.18 Å². The van der Waals surface area contributed by atoms with Crippen molar-refractivity contribution >= 4 is 34.5 Å². The van der Waals surface area contributed by atoms with Crippen molar-refractivity contribution < 1.29 is 9.13 Å². The molecule has 41 heavy (non-hydrogen) atoms. The second kappa shape index (κ2) is 11.7. The minimum Gasteiger partial charge on any atom is -0.494 e. The summed E-state index contributed by atoms with van der Waals surface area (Å²) in [6.07, 6.45) is 9.45. The smallest absolute Gasteiger partial charge is 0.291 e. The van der Waals surface area contributed by atoms with Crippen molar-refractivity contribution in [2.24, 2.45) is 0 Å². The Kier molecular flexibility index (Phi) is 7.51. The molecule has 0 N–H and O–H groups in total. The summed E-state index contributed by atoms with van der Waals surface area (Å²) in [7, 11) is 0. The first-order valence-electron chi connectivity index (χ1n) is 13.3. The standard InChI is InChI=1S/C32H26FN5O2S/c1-2-3-19-40-27-16-9-22(10-17-27)11-18-29-34-32-38(35-29)31(39)28(41-32)20-24-21-37(26-7-5-4-6-8-26)36-30(24)23-12-14-25(33)15-13-23/h4-18,20-21H,2-3,19H2,1H3/b18-11+,28-20-. The third-order valence-electron chi connectivity index (χ3n) is 6.44. The molecule has 0 aliphatic carbocycles. The highest BCUT2D eigenvalue weighted by Crippen LogP contribution is 2.25. The Morgan fingerprint density at radius 3 is 2.46 bits per heavy atom. The molecule has 3 heterocycles. The van der Waals surface area contributed by atoms with Crippen LogP contribution in [0.4, 0.5) is 4.39 Å². The molecule has 6 rings (SSSR count). The van der Waals surface area contributed by atoms with Gasteiger partial charge in [-0.05, 0) is 72.7 Å². The fourth-order valence-electron chi connectivity index (χ4n) is 4.28. The number of unbranched alkanes of at least 4 members (excludes halogenated alkanes) is 1. The quantitative estimate of drug-likeness (QED) is 0.201. The van der Waals surface area contributed by atoms with Gasteiger partial charge in [-0.25, -0.2) is 9.07 Å². The number of benzene rings is 3. The Balaban J connectivity index is 1.30. The highest BCUT2D eigenvalue weighted by molar-refractivity contribution is 7.15. The van der Waals surface area contributed by atoms with E-state index < -0.39 is 0 Å². The molecular formula is C32H26FN5O2S. The van der Waals surface area contributed by atoms with Gasteiger partial charge in [-0.15, -0.1) is 5.10 Å². The highest BCUT2D eigenvalue weighted by Gasteiger charge is 2.14. The molecule has 0 aliphatic rings. The summed E-state index contributed by atoms with van der Waals surface area (Å²) in [6.45, 7) is 2.84. The summed E-state index contributed by atoms with van der Waals surface area (Å²) in [6, 6.07) is 23.6. The zero-order valence-corrected chi connectivity index (χ0v) is 23.1. The molecule has 0 saturated carbocycles. The second-order valence-electron chi connectivity index (χ2n) is 9.40. The number of aromatic nitrogens is 5. The summed E-state index contributed by atoms with van der Waals surface area (Å²) in [5, 5.41) is 9.16. The van der Waals surface area contributed by atoms with Crippen LogP contribution in [-0.2, 0) is 0 Å². The molecule has 0 unspecified atom stereocenters. The van der Waals surface area contributed by atoms with E-state index in [0.717, 1.165) is 41.0 Å². The number of nitrogens with zero attached hydrogens (tertiary/aromatic N) is 5. The minimum absolute atomic E-state index is 0.261. The Morgan fingerprint density at radius 2 is 1.73 bits per heavy atom. The SMILES string of the molecule is CCCCOc1ccc(/C=C/c2nc3s/c(=C\c4cn(-c5ccccc5)nc4-c4ccc(F)cc4)c(=O)n3n2)cc1. The maximum atomic E-state index is 13.6. The molecule has 0 fully saturated rings. The first kappa shape index (κ1) is 26.3. The summed E-state index contributed by atoms with van der Waals surface area (Å²) in [5.41, 5.74) is 3.69. The number of thiazole rings is 1. The Labute approximate surface area is 239 Å². The summed E-state index contributed by atoms with van der Waals surface area (Å²) < 4.78 is 22.9. The average Bonchev–Trinajstić information content (AvgIpc) is 3.68. The molecule has 9 heteroatoms. The number of ether oxygens (including phenoxy) is 1. The maximum absolute atomic E-state index is 13.6. The lowest BCUT2D eigenvalue weighted by molar-refractivity contribution is 0.309. The zero-order chi connectivity index (χ0) is 28.2. The fraction of sp³-hybridized carbons (Fsp3) is 0.125. The van der Waals surface area contributed by atoms with E-state index in [1.807, 2.05) is 66.9 Å². The number of halogens is 1. The van der Waals surface area contributed by atoms with Gasteiger partial charge in [0.2, 0.25) is 4.96 Å². The topological polar surface area (TPSA) is 74.3 Å². The van der Waals surface area contributed by atoms with Gasteiger partial charge in [0.05, 0.1) is 16.8 Å². The third-order valence-corrected chi connectivity index (χ3v) is 7.40. The predicted octanol–water partition coefficient (Wildman–Crippen LogP) is 6.04. The van der Waals surface area contributed by atoms with Crippen LogP contribution in [-0.4, -0.2) is 31.0 Å². The van der Waals surface area contributed by atoms with E-state index in [1.165, 1.54) is 28.0 Å². The van der Waals surface area contributed by atoms with Gasteiger partial charge in [0.25, 0.3) is 5.56 Å². The zero-order valence-electron chi connectivity index (χ0n) is 22.3. The fourth-order valence-corrected chi connectivity index (χ4v) is 5.18. The Morgan fingerprint density at radius 1 is 0.951 bits per heavy atom. The van der Waals surface area contributed by atoms with E-state index in [-0.39, 0.29) is 11.4 Å². The van der Waals surface area contributed by atoms with Crippen molar-refractivity contribution in [2.45, 2.75) is 19.8 Å². The van der Waals surface area contributed by atoms with Crippen molar-refractivity contribution in [1.82, 2.24) is 24.4 Å². The molecule has 7 nitrogen and oxygen atoms in total. The number of hydrogen-bond donors (Lipinski definition) is 0. The Hall–Kier alpha value is -4.89. The van der Waals surface area contributed by atoms with Gasteiger partial charge in [-0.2, -0.15) is 14.6 Å². The Bertz CT molecular complexity index is 1920. The third kappa shape index (κ3) is 5.85. The van der Waals surface area contributed by atoms with Gasteiger partial charge in [0, 0.05) is 17.3 Å². The van der Waals surface area contributed by atoms with E-state index in [0.29, 0.717) is 27.6 Å². The van der Waals surface area contributed by atoms with E-state index in [1.54, 1.807) is 29.0 Å². The first-order valence-corrected chi connectivity index (χ1v) is 14.1. The molecule has 6 aromatic rings. The van der Waals surface area contributed by atoms with Gasteiger partial charge >= 0.3 is 0 Å². The van der Waals surface area contributed by atoms with Gasteiger partial charge in [0.15, 0.2) is 5.82 Å². The molecule has 0 aliphatic heterocycles. The van der Waals surface area contributed by atoms with Gasteiger partial charge in [-0.3, -0.25) is 4.79 Å². The molecule has 0 atom stereocenters. The van der Waals surface area contributed by atoms with Crippen molar-refractivity contribution in [2.75, 3.05) is 6.61 Å². The average molecular weight is 564 g/mol. The van der Waals surface area contributed by atoms with Gasteiger partial charge < -0.3 is 4.74 Å². The normalized spacial score (nSPS) is 12.1. The van der Waals surface area contributed by atoms with Crippen LogP contribution in [0.5, 0.6) is 5.75 Å². The molecule has 0 spiro atoms. The van der Waals surface area contributed by atoms with Crippen molar-refractivity contribution in [1.29, 1.82) is 0 Å². The van der Waals surface area contributed by atoms with Gasteiger partial charge in [0.1, 0.15) is 17.3 Å². The molecule has 0 radical (unpaired) electrons. The lowest BCUT2D eigenvalue weighted by Gasteiger charge is -2.04. The molecular weight excluding hydrogens is 537 g/mol. The van der Waals surface area contributed by atoms with Gasteiger partial charge in [-0.1, -0.05) is 61.1 Å². The minimum atomic E-state index is -0.326. The van der Waals surface area contributed by atoms with Crippen molar-refractivity contribution in [3.05, 3.63) is 123 Å². The largest absolute Gasteiger partial charge is 0.494 e. The summed E-state index contributed by atoms with van der Waals surface area (Å²) in [4.78, 5) is 18.3. The highest BCUT2D eigenvalue weighted by atomic mass is 32.1. The van der Waals surface area contributed by atoms with Crippen molar-refractivity contribution in [3.63, 3.8) is 0 Å². The monoisotopic (exact) mass is 563 g/mol. The molecule has 0 amide bonds. The summed E-state index contributed by atoms with van der Waals surface area (Å²) >= 11 is 1.26. The van der Waals surface area contributed by atoms with E-state index in [2.05, 4.69) is 17.0 Å². The van der Waals surface area contributed by atoms with Crippen LogP contribution in [0.25, 0.3) is 40.1 Å². The molecule has 3 aromatic carbocycles. The lowest BCUT2D eigenvalue weighted by atomic mass is 10.1. The molecule has 3 aromatic heterocycles. The van der Waals surface area contributed by atoms with Crippen LogP contribution in [0.1, 0.15) is 36.7 Å². The van der Waals surface area contributed by atoms with E-state index >= 15 is 0 Å². The molecule has 0 saturated heterocycles. The van der Waals surface area contributed by atoms with Crippen LogP contribution in [0, 0.1) is 5.82 Å². The van der Waals surface area contributed by atoms with Crippen LogP contribution in [0.15, 0.2) is 89.9 Å². The second-order valence-corrected chi connectivity index (χ2v) is 10.4. The number of rotatable bonds is 9.